The molecule has 1 fully saturated rings. The Labute approximate surface area is 147 Å². The van der Waals surface area contributed by atoms with Gasteiger partial charge < -0.3 is 14.7 Å². The standard InChI is InChI=1S/C19H25N3O3/c1-13(2)11-19(24)22-9-7-14(8-10-22)20-18(23)12-16-15-5-3-4-6-17(15)25-21-16/h3-6,13-14H,7-12H2,1-2H3,(H,20,23). The van der Waals surface area contributed by atoms with Gasteiger partial charge in [-0.05, 0) is 30.9 Å². The highest BCUT2D eigenvalue weighted by Gasteiger charge is 2.24. The van der Waals surface area contributed by atoms with E-state index >= 15 is 0 Å². The van der Waals surface area contributed by atoms with Crippen LogP contribution >= 0.6 is 0 Å². The number of para-hydroxylation sites is 1. The molecule has 0 bridgehead atoms. The predicted molar refractivity (Wildman–Crippen MR) is 94.9 cm³/mol. The zero-order valence-electron chi connectivity index (χ0n) is 14.8. The van der Waals surface area contributed by atoms with E-state index in [0.717, 1.165) is 18.2 Å². The molecule has 25 heavy (non-hydrogen) atoms. The van der Waals surface area contributed by atoms with Gasteiger partial charge in [-0.15, -0.1) is 0 Å². The largest absolute Gasteiger partial charge is 0.356 e. The number of hydrogen-bond acceptors (Lipinski definition) is 4. The molecule has 1 aromatic heterocycles. The van der Waals surface area contributed by atoms with Crippen LogP contribution in [-0.2, 0) is 16.0 Å². The van der Waals surface area contributed by atoms with Gasteiger partial charge in [-0.1, -0.05) is 31.1 Å². The molecule has 0 radical (unpaired) electrons. The van der Waals surface area contributed by atoms with E-state index in [2.05, 4.69) is 24.3 Å². The van der Waals surface area contributed by atoms with Gasteiger partial charge in [0.25, 0.3) is 0 Å². The number of aromatic nitrogens is 1. The molecule has 134 valence electrons. The van der Waals surface area contributed by atoms with Gasteiger partial charge in [0.15, 0.2) is 5.58 Å². The molecule has 0 spiro atoms. The summed E-state index contributed by atoms with van der Waals surface area (Å²) in [6.45, 7) is 5.53. The average molecular weight is 343 g/mol. The minimum Gasteiger partial charge on any atom is -0.356 e. The van der Waals surface area contributed by atoms with Gasteiger partial charge in [-0.25, -0.2) is 0 Å². The molecule has 2 aromatic rings. The first-order valence-electron chi connectivity index (χ1n) is 8.93. The second-order valence-corrected chi connectivity index (χ2v) is 7.12. The highest BCUT2D eigenvalue weighted by atomic mass is 16.5. The highest BCUT2D eigenvalue weighted by molar-refractivity contribution is 5.86. The lowest BCUT2D eigenvalue weighted by molar-refractivity contribution is -0.133. The van der Waals surface area contributed by atoms with Crippen molar-refractivity contribution in [3.63, 3.8) is 0 Å². The van der Waals surface area contributed by atoms with Crippen LogP contribution in [0.15, 0.2) is 28.8 Å². The van der Waals surface area contributed by atoms with Gasteiger partial charge in [-0.2, -0.15) is 0 Å². The maximum absolute atomic E-state index is 12.3. The van der Waals surface area contributed by atoms with E-state index in [-0.39, 0.29) is 24.3 Å². The number of rotatable bonds is 5. The fraction of sp³-hybridized carbons (Fsp3) is 0.526. The Kier molecular flexibility index (Phi) is 5.36. The number of hydrogen-bond donors (Lipinski definition) is 1. The fourth-order valence-corrected chi connectivity index (χ4v) is 3.25. The monoisotopic (exact) mass is 343 g/mol. The minimum absolute atomic E-state index is 0.0500. The van der Waals surface area contributed by atoms with E-state index < -0.39 is 0 Å². The van der Waals surface area contributed by atoms with Crippen LogP contribution in [0.1, 0.15) is 38.8 Å². The van der Waals surface area contributed by atoms with Crippen molar-refractivity contribution in [1.29, 1.82) is 0 Å². The van der Waals surface area contributed by atoms with E-state index in [4.69, 9.17) is 4.52 Å². The molecule has 0 aliphatic carbocycles. The van der Waals surface area contributed by atoms with Crippen molar-refractivity contribution in [3.05, 3.63) is 30.0 Å². The zero-order valence-corrected chi connectivity index (χ0v) is 14.8. The lowest BCUT2D eigenvalue weighted by Gasteiger charge is -2.32. The molecule has 6 heteroatoms. The molecule has 1 saturated heterocycles. The number of likely N-dealkylation sites (tertiary alicyclic amines) is 1. The molecule has 1 aliphatic heterocycles. The van der Waals surface area contributed by atoms with E-state index in [9.17, 15) is 9.59 Å². The lowest BCUT2D eigenvalue weighted by atomic mass is 10.0. The Balaban J connectivity index is 1.49. The van der Waals surface area contributed by atoms with Gasteiger partial charge in [0.05, 0.1) is 6.42 Å². The number of nitrogens with one attached hydrogen (secondary N) is 1. The summed E-state index contributed by atoms with van der Waals surface area (Å²) in [5.74, 6) is 0.544. The van der Waals surface area contributed by atoms with E-state index in [1.165, 1.54) is 0 Å². The van der Waals surface area contributed by atoms with E-state index in [0.29, 0.717) is 36.7 Å². The SMILES string of the molecule is CC(C)CC(=O)N1CCC(NC(=O)Cc2noc3ccccc23)CC1. The van der Waals surface area contributed by atoms with Gasteiger partial charge in [-0.3, -0.25) is 9.59 Å². The molecule has 2 heterocycles. The van der Waals surface area contributed by atoms with E-state index in [1.54, 1.807) is 0 Å². The van der Waals surface area contributed by atoms with Crippen LogP contribution in [0.3, 0.4) is 0 Å². The van der Waals surface area contributed by atoms with Gasteiger partial charge in [0.1, 0.15) is 5.69 Å². The molecule has 1 aliphatic rings. The zero-order chi connectivity index (χ0) is 17.8. The molecule has 0 unspecified atom stereocenters. The number of amides is 2. The van der Waals surface area contributed by atoms with E-state index in [1.807, 2.05) is 29.2 Å². The van der Waals surface area contributed by atoms with Crippen molar-refractivity contribution in [2.24, 2.45) is 5.92 Å². The molecule has 6 nitrogen and oxygen atoms in total. The average Bonchev–Trinajstić information content (AvgIpc) is 2.98. The number of nitrogens with zero attached hydrogens (tertiary/aromatic N) is 2. The second kappa shape index (κ2) is 7.68. The third-order valence-electron chi connectivity index (χ3n) is 4.58. The smallest absolute Gasteiger partial charge is 0.226 e. The maximum atomic E-state index is 12.3. The fourth-order valence-electron chi connectivity index (χ4n) is 3.25. The van der Waals surface area contributed by atoms with Crippen molar-refractivity contribution < 1.29 is 14.1 Å². The molecule has 2 amide bonds. The van der Waals surface area contributed by atoms with Crippen LogP contribution in [0.5, 0.6) is 0 Å². The topological polar surface area (TPSA) is 75.4 Å². The first kappa shape index (κ1) is 17.5. The normalized spacial score (nSPS) is 15.7. The summed E-state index contributed by atoms with van der Waals surface area (Å²) in [6.07, 6.45) is 2.41. The first-order valence-corrected chi connectivity index (χ1v) is 8.93. The van der Waals surface area contributed by atoms with Crippen LogP contribution in [-0.4, -0.2) is 41.0 Å². The van der Waals surface area contributed by atoms with Crippen molar-refractivity contribution in [2.75, 3.05) is 13.1 Å². The number of fused-ring (bicyclic) bond motifs is 1. The van der Waals surface area contributed by atoms with Crippen LogP contribution in [0.4, 0.5) is 0 Å². The minimum atomic E-state index is -0.0500. The lowest BCUT2D eigenvalue weighted by Crippen LogP contribution is -2.47. The van der Waals surface area contributed by atoms with Crippen LogP contribution in [0.2, 0.25) is 0 Å². The Morgan fingerprint density at radius 2 is 2.00 bits per heavy atom. The molecular weight excluding hydrogens is 318 g/mol. The van der Waals surface area contributed by atoms with Crippen molar-refractivity contribution >= 4 is 22.8 Å². The summed E-state index contributed by atoms with van der Waals surface area (Å²) in [5, 5.41) is 7.95. The number of carbonyl (C=O) groups is 2. The summed E-state index contributed by atoms with van der Waals surface area (Å²) >= 11 is 0. The Bertz CT molecular complexity index is 745. The third-order valence-corrected chi connectivity index (χ3v) is 4.58. The highest BCUT2D eigenvalue weighted by Crippen LogP contribution is 2.18. The summed E-state index contributed by atoms with van der Waals surface area (Å²) in [4.78, 5) is 26.3. The predicted octanol–water partition coefficient (Wildman–Crippen LogP) is 2.52. The van der Waals surface area contributed by atoms with Crippen molar-refractivity contribution in [1.82, 2.24) is 15.4 Å². The Morgan fingerprint density at radius 3 is 2.72 bits per heavy atom. The quantitative estimate of drug-likeness (QED) is 0.905. The van der Waals surface area contributed by atoms with Crippen LogP contribution in [0.25, 0.3) is 11.0 Å². The second-order valence-electron chi connectivity index (χ2n) is 7.12. The van der Waals surface area contributed by atoms with Gasteiger partial charge in [0, 0.05) is 30.9 Å². The number of piperidine rings is 1. The van der Waals surface area contributed by atoms with Crippen molar-refractivity contribution in [2.45, 2.75) is 45.6 Å². The molecular formula is C19H25N3O3. The molecule has 1 N–H and O–H groups in total. The Hall–Kier alpha value is -2.37. The summed E-state index contributed by atoms with van der Waals surface area (Å²) in [7, 11) is 0. The van der Waals surface area contributed by atoms with Crippen molar-refractivity contribution in [3.8, 4) is 0 Å². The maximum Gasteiger partial charge on any atom is 0.226 e. The molecule has 3 rings (SSSR count). The van der Waals surface area contributed by atoms with Gasteiger partial charge >= 0.3 is 0 Å². The third kappa shape index (κ3) is 4.38. The summed E-state index contributed by atoms with van der Waals surface area (Å²) in [5.41, 5.74) is 1.36. The Morgan fingerprint density at radius 1 is 1.28 bits per heavy atom. The van der Waals surface area contributed by atoms with Gasteiger partial charge in [0.2, 0.25) is 11.8 Å². The molecule has 1 aromatic carbocycles. The molecule has 0 saturated carbocycles. The first-order chi connectivity index (χ1) is 12.0. The number of benzene rings is 1. The van der Waals surface area contributed by atoms with Crippen LogP contribution < -0.4 is 5.32 Å². The number of carbonyl (C=O) groups excluding carboxylic acids is 2. The summed E-state index contributed by atoms with van der Waals surface area (Å²) in [6, 6.07) is 7.66. The molecule has 0 atom stereocenters. The summed E-state index contributed by atoms with van der Waals surface area (Å²) < 4.78 is 5.24. The van der Waals surface area contributed by atoms with Crippen LogP contribution in [0, 0.1) is 5.92 Å².